The van der Waals surface area contributed by atoms with Crippen LogP contribution in [-0.4, -0.2) is 23.6 Å². The maximum Gasteiger partial charge on any atom is 0.231 e. The molecule has 1 aliphatic heterocycles. The molecule has 27 heavy (non-hydrogen) atoms. The average Bonchev–Trinajstić information content (AvgIpc) is 2.74. The van der Waals surface area contributed by atoms with Gasteiger partial charge in [-0.1, -0.05) is 49.4 Å². The second-order valence-corrected chi connectivity index (χ2v) is 7.08. The van der Waals surface area contributed by atoms with Gasteiger partial charge in [0.25, 0.3) is 0 Å². The molecule has 3 aromatic rings. The lowest BCUT2D eigenvalue weighted by Crippen LogP contribution is -2.35. The van der Waals surface area contributed by atoms with E-state index in [0.29, 0.717) is 6.04 Å². The lowest BCUT2D eigenvalue weighted by molar-refractivity contribution is 0.615. The summed E-state index contributed by atoms with van der Waals surface area (Å²) in [7, 11) is 2.03. The van der Waals surface area contributed by atoms with Crippen LogP contribution in [0.4, 0.5) is 17.5 Å². The second-order valence-electron chi connectivity index (χ2n) is 7.08. The summed E-state index contributed by atoms with van der Waals surface area (Å²) in [6, 6.07) is 21.5. The highest BCUT2D eigenvalue weighted by Gasteiger charge is 2.25. The van der Waals surface area contributed by atoms with Gasteiger partial charge in [-0.2, -0.15) is 4.98 Å². The van der Waals surface area contributed by atoms with Crippen molar-refractivity contribution >= 4 is 17.5 Å². The molecule has 4 rings (SSSR count). The predicted octanol–water partition coefficient (Wildman–Crippen LogP) is 4.93. The van der Waals surface area contributed by atoms with Gasteiger partial charge in [-0.3, -0.25) is 0 Å². The summed E-state index contributed by atoms with van der Waals surface area (Å²) in [5, 5.41) is 0. The van der Waals surface area contributed by atoms with Crippen molar-refractivity contribution in [3.8, 4) is 0 Å². The number of benzene rings is 2. The van der Waals surface area contributed by atoms with Crippen LogP contribution in [0.1, 0.15) is 36.7 Å². The van der Waals surface area contributed by atoms with Crippen LogP contribution in [0.25, 0.3) is 0 Å². The Morgan fingerprint density at radius 2 is 1.78 bits per heavy atom. The lowest BCUT2D eigenvalue weighted by Gasteiger charge is -2.36. The van der Waals surface area contributed by atoms with Crippen LogP contribution in [-0.2, 0) is 12.8 Å². The Morgan fingerprint density at radius 3 is 2.56 bits per heavy atom. The van der Waals surface area contributed by atoms with E-state index in [9.17, 15) is 0 Å². The van der Waals surface area contributed by atoms with Gasteiger partial charge in [0, 0.05) is 31.0 Å². The first kappa shape index (κ1) is 17.5. The third kappa shape index (κ3) is 3.39. The van der Waals surface area contributed by atoms with E-state index in [4.69, 9.17) is 9.97 Å². The summed E-state index contributed by atoms with van der Waals surface area (Å²) in [6.07, 6.45) is 1.94. The first-order valence-electron chi connectivity index (χ1n) is 9.68. The monoisotopic (exact) mass is 358 g/mol. The smallest absolute Gasteiger partial charge is 0.231 e. The molecule has 1 unspecified atom stereocenters. The van der Waals surface area contributed by atoms with Crippen LogP contribution >= 0.6 is 0 Å². The highest BCUT2D eigenvalue weighted by Crippen LogP contribution is 2.33. The minimum atomic E-state index is 0.310. The Kier molecular flexibility index (Phi) is 4.80. The number of hydrogen-bond acceptors (Lipinski definition) is 4. The molecule has 0 fully saturated rings. The van der Waals surface area contributed by atoms with Crippen LogP contribution in [0.5, 0.6) is 0 Å². The molecule has 4 heteroatoms. The minimum absolute atomic E-state index is 0.310. The van der Waals surface area contributed by atoms with E-state index in [1.54, 1.807) is 0 Å². The van der Waals surface area contributed by atoms with Crippen molar-refractivity contribution in [2.75, 3.05) is 23.4 Å². The van der Waals surface area contributed by atoms with E-state index in [0.717, 1.165) is 42.5 Å². The molecule has 138 valence electrons. The highest BCUT2D eigenvalue weighted by atomic mass is 15.3. The standard InChI is InChI=1S/C23H26N4/c1-4-19-16-22(25-23(24-19)26(3)20-11-6-5-7-12-20)27-15-14-18-10-8-9-13-21(18)17(27)2/h5-13,16-17H,4,14-15H2,1-3H3. The molecule has 2 heterocycles. The topological polar surface area (TPSA) is 32.3 Å². The van der Waals surface area contributed by atoms with Gasteiger partial charge < -0.3 is 9.80 Å². The number of fused-ring (bicyclic) bond motifs is 1. The number of aryl methyl sites for hydroxylation is 1. The highest BCUT2D eigenvalue weighted by molar-refractivity contribution is 5.59. The number of hydrogen-bond donors (Lipinski definition) is 0. The summed E-state index contributed by atoms with van der Waals surface area (Å²) in [5.41, 5.74) is 5.02. The molecule has 1 aliphatic rings. The van der Waals surface area contributed by atoms with Gasteiger partial charge in [-0.15, -0.1) is 0 Å². The van der Waals surface area contributed by atoms with Crippen molar-refractivity contribution in [2.45, 2.75) is 32.7 Å². The molecule has 0 saturated heterocycles. The molecule has 0 N–H and O–H groups in total. The zero-order chi connectivity index (χ0) is 18.8. The van der Waals surface area contributed by atoms with E-state index >= 15 is 0 Å². The Hall–Kier alpha value is -2.88. The van der Waals surface area contributed by atoms with Crippen molar-refractivity contribution in [1.82, 2.24) is 9.97 Å². The van der Waals surface area contributed by atoms with Gasteiger partial charge >= 0.3 is 0 Å². The average molecular weight is 358 g/mol. The number of para-hydroxylation sites is 1. The van der Waals surface area contributed by atoms with E-state index in [1.807, 2.05) is 25.2 Å². The van der Waals surface area contributed by atoms with Gasteiger partial charge in [0.05, 0.1) is 6.04 Å². The molecular formula is C23H26N4. The normalized spacial score (nSPS) is 16.1. The fraction of sp³-hybridized carbons (Fsp3) is 0.304. The zero-order valence-electron chi connectivity index (χ0n) is 16.3. The molecular weight excluding hydrogens is 332 g/mol. The number of rotatable bonds is 4. The van der Waals surface area contributed by atoms with Crippen LogP contribution in [0, 0.1) is 0 Å². The molecule has 1 aromatic heterocycles. The van der Waals surface area contributed by atoms with Gasteiger partial charge in [-0.05, 0) is 43.0 Å². The summed E-state index contributed by atoms with van der Waals surface area (Å²) in [6.45, 7) is 5.40. The molecule has 0 spiro atoms. The van der Waals surface area contributed by atoms with Crippen molar-refractivity contribution in [1.29, 1.82) is 0 Å². The molecule has 0 amide bonds. The third-order valence-electron chi connectivity index (χ3n) is 5.45. The largest absolute Gasteiger partial charge is 0.349 e. The van der Waals surface area contributed by atoms with Crippen LogP contribution < -0.4 is 9.80 Å². The van der Waals surface area contributed by atoms with Gasteiger partial charge in [-0.25, -0.2) is 4.98 Å². The number of aromatic nitrogens is 2. The Balaban J connectivity index is 1.71. The number of anilines is 3. The minimum Gasteiger partial charge on any atom is -0.349 e. The van der Waals surface area contributed by atoms with Gasteiger partial charge in [0.1, 0.15) is 5.82 Å². The lowest BCUT2D eigenvalue weighted by atomic mass is 9.93. The SMILES string of the molecule is CCc1cc(N2CCc3ccccc3C2C)nc(N(C)c2ccccc2)n1. The first-order valence-corrected chi connectivity index (χ1v) is 9.68. The van der Waals surface area contributed by atoms with Crippen LogP contribution in [0.2, 0.25) is 0 Å². The second kappa shape index (κ2) is 7.39. The van der Waals surface area contributed by atoms with Gasteiger partial charge in [0.15, 0.2) is 0 Å². The van der Waals surface area contributed by atoms with Crippen LogP contribution in [0.3, 0.4) is 0 Å². The molecule has 2 aromatic carbocycles. The zero-order valence-corrected chi connectivity index (χ0v) is 16.3. The first-order chi connectivity index (χ1) is 13.2. The number of nitrogens with zero attached hydrogens (tertiary/aromatic N) is 4. The third-order valence-corrected chi connectivity index (χ3v) is 5.45. The van der Waals surface area contributed by atoms with Crippen molar-refractivity contribution < 1.29 is 0 Å². The quantitative estimate of drug-likeness (QED) is 0.662. The van der Waals surface area contributed by atoms with Crippen molar-refractivity contribution in [2.24, 2.45) is 0 Å². The summed E-state index contributed by atoms with van der Waals surface area (Å²) >= 11 is 0. The van der Waals surface area contributed by atoms with E-state index < -0.39 is 0 Å². The Bertz CT molecular complexity index is 923. The fourth-order valence-corrected chi connectivity index (χ4v) is 3.80. The molecule has 4 nitrogen and oxygen atoms in total. The summed E-state index contributed by atoms with van der Waals surface area (Å²) in [4.78, 5) is 14.2. The summed E-state index contributed by atoms with van der Waals surface area (Å²) in [5.74, 6) is 1.77. The summed E-state index contributed by atoms with van der Waals surface area (Å²) < 4.78 is 0. The Labute approximate surface area is 161 Å². The van der Waals surface area contributed by atoms with E-state index in [2.05, 4.69) is 66.1 Å². The van der Waals surface area contributed by atoms with Gasteiger partial charge in [0.2, 0.25) is 5.95 Å². The van der Waals surface area contributed by atoms with E-state index in [-0.39, 0.29) is 0 Å². The molecule has 0 bridgehead atoms. The van der Waals surface area contributed by atoms with Crippen molar-refractivity contribution in [3.63, 3.8) is 0 Å². The maximum atomic E-state index is 4.95. The van der Waals surface area contributed by atoms with Crippen LogP contribution in [0.15, 0.2) is 60.7 Å². The molecule has 0 saturated carbocycles. The Morgan fingerprint density at radius 1 is 1.04 bits per heavy atom. The molecule has 1 atom stereocenters. The van der Waals surface area contributed by atoms with Crippen molar-refractivity contribution in [3.05, 3.63) is 77.5 Å². The maximum absolute atomic E-state index is 4.95. The molecule has 0 aliphatic carbocycles. The van der Waals surface area contributed by atoms with E-state index in [1.165, 1.54) is 11.1 Å². The molecule has 0 radical (unpaired) electrons. The predicted molar refractivity (Wildman–Crippen MR) is 112 cm³/mol. The fourth-order valence-electron chi connectivity index (χ4n) is 3.80.